The third-order valence-electron chi connectivity index (χ3n) is 7.14. The average molecular weight is 721 g/mol. The fraction of sp³-hybridized carbons (Fsp3) is 0.302. The van der Waals surface area contributed by atoms with Crippen LogP contribution < -0.4 is 4.74 Å². The first-order valence-corrected chi connectivity index (χ1v) is 16.8. The predicted molar refractivity (Wildman–Crippen MR) is 211 cm³/mol. The molecule has 0 fully saturated rings. The summed E-state index contributed by atoms with van der Waals surface area (Å²) in [4.78, 5) is 16.0. The van der Waals surface area contributed by atoms with E-state index in [4.69, 9.17) is 34.4 Å². The van der Waals surface area contributed by atoms with Gasteiger partial charge in [-0.05, 0) is 88.3 Å². The Morgan fingerprint density at radius 2 is 1.27 bits per heavy atom. The minimum Gasteiger partial charge on any atom is -0.493 e. The number of carbonyl (C=O) groups excluding carboxylic acids is 2. The van der Waals surface area contributed by atoms with Crippen molar-refractivity contribution in [2.24, 2.45) is 0 Å². The molecule has 3 rings (SSSR count). The maximum atomic E-state index is 14.4. The summed E-state index contributed by atoms with van der Waals surface area (Å²) in [5, 5.41) is 32.4. The average Bonchev–Trinajstić information content (AvgIpc) is 3.20. The zero-order valence-corrected chi connectivity index (χ0v) is 30.9. The van der Waals surface area contributed by atoms with Gasteiger partial charge in [-0.2, -0.15) is 0 Å². The standard InChI is InChI=1S/C39H45FO4.2CH4O.2CH2O/c1-4-5-6-10-33-19-21-37(43-25-23-30(2)28-41)22-20-36(40)12-7-8-14-39(33)34-17-15-32(16-18-34)35-11-9-13-38(27-35)44-26-24-31(3)29-42;4*1-2/h7-9,11-22,27,41-42H,2-6,10,23-26,28-29H2,1H3;2*2H,1H3;2*1H2/b8-7+,12-7?,14-8?,21-19?,22-20-,33-19-,36-12-,36-20?,37-21+,37-22?,39-14+,39-33?;;;;. The Labute approximate surface area is 309 Å². The van der Waals surface area contributed by atoms with Crippen molar-refractivity contribution in [1.29, 1.82) is 0 Å². The molecule has 0 heterocycles. The van der Waals surface area contributed by atoms with E-state index in [1.165, 1.54) is 12.2 Å². The van der Waals surface area contributed by atoms with Crippen LogP contribution in [0.3, 0.4) is 0 Å². The first kappa shape index (κ1) is 49.2. The second-order valence-electron chi connectivity index (χ2n) is 10.7. The van der Waals surface area contributed by atoms with Gasteiger partial charge in [0.25, 0.3) is 0 Å². The minimum absolute atomic E-state index is 0.0325. The number of benzene rings is 2. The molecule has 2 aromatic rings. The van der Waals surface area contributed by atoms with E-state index >= 15 is 0 Å². The quantitative estimate of drug-likeness (QED) is 0.101. The highest BCUT2D eigenvalue weighted by Gasteiger charge is 2.10. The zero-order chi connectivity index (χ0) is 39.6. The molecule has 0 aliphatic heterocycles. The van der Waals surface area contributed by atoms with E-state index in [0.717, 1.165) is 79.1 Å². The number of unbranched alkanes of at least 4 members (excludes halogenated alkanes) is 2. The maximum absolute atomic E-state index is 14.4. The van der Waals surface area contributed by atoms with E-state index < -0.39 is 0 Å². The first-order chi connectivity index (χ1) is 25.4. The second-order valence-corrected chi connectivity index (χ2v) is 10.7. The van der Waals surface area contributed by atoms with Crippen molar-refractivity contribution in [3.63, 3.8) is 0 Å². The summed E-state index contributed by atoms with van der Waals surface area (Å²) < 4.78 is 26.3. The SMILES string of the molecule is C=C(CO)CCOC1=C/C=C(CCCCC)\C(c2ccc(-c3cccc(OCCC(=C)CO)c3)cc2)=C/C=C/C=C(F)/C=C\1.C=O.C=O.CO.CO. The number of hydrogen-bond acceptors (Lipinski definition) is 8. The van der Waals surface area contributed by atoms with Gasteiger partial charge in [0.1, 0.15) is 30.9 Å². The normalized spacial score (nSPS) is 17.1. The molecule has 4 N–H and O–H groups in total. The van der Waals surface area contributed by atoms with Crippen molar-refractivity contribution in [3.05, 3.63) is 144 Å². The molecular weight excluding hydrogens is 663 g/mol. The van der Waals surface area contributed by atoms with Crippen molar-refractivity contribution < 1.29 is 43.9 Å². The monoisotopic (exact) mass is 720 g/mol. The number of carbonyl (C=O) groups is 2. The topological polar surface area (TPSA) is 134 Å². The molecule has 0 spiro atoms. The van der Waals surface area contributed by atoms with Crippen LogP contribution in [0.25, 0.3) is 16.7 Å². The van der Waals surface area contributed by atoms with E-state index in [-0.39, 0.29) is 19.0 Å². The predicted octanol–water partition coefficient (Wildman–Crippen LogP) is 8.23. The smallest absolute Gasteiger partial charge is 0.123 e. The van der Waals surface area contributed by atoms with Gasteiger partial charge in [-0.25, -0.2) is 4.39 Å². The summed E-state index contributed by atoms with van der Waals surface area (Å²) in [6.07, 6.45) is 19.3. The van der Waals surface area contributed by atoms with Crippen LogP contribution in [0.4, 0.5) is 4.39 Å². The third-order valence-corrected chi connectivity index (χ3v) is 7.14. The molecule has 0 saturated carbocycles. The molecule has 0 aromatic heterocycles. The molecule has 1 aliphatic carbocycles. The van der Waals surface area contributed by atoms with Crippen molar-refractivity contribution in [1.82, 2.24) is 0 Å². The summed E-state index contributed by atoms with van der Waals surface area (Å²) in [6, 6.07) is 16.4. The van der Waals surface area contributed by atoms with Gasteiger partial charge in [-0.1, -0.05) is 93.6 Å². The first-order valence-electron chi connectivity index (χ1n) is 16.8. The summed E-state index contributed by atoms with van der Waals surface area (Å²) >= 11 is 0. The van der Waals surface area contributed by atoms with Gasteiger partial charge in [0, 0.05) is 27.1 Å². The van der Waals surface area contributed by atoms with E-state index in [1.807, 2.05) is 50.0 Å². The van der Waals surface area contributed by atoms with Gasteiger partial charge >= 0.3 is 0 Å². The van der Waals surface area contributed by atoms with E-state index in [9.17, 15) is 9.50 Å². The van der Waals surface area contributed by atoms with Crippen LogP contribution in [-0.4, -0.2) is 74.7 Å². The molecule has 0 atom stereocenters. The highest BCUT2D eigenvalue weighted by atomic mass is 19.1. The van der Waals surface area contributed by atoms with E-state index in [1.54, 1.807) is 12.2 Å². The Balaban J connectivity index is 0. The van der Waals surface area contributed by atoms with Crippen LogP contribution in [0, 0.1) is 0 Å². The molecular formula is C43H57FO8. The van der Waals surface area contributed by atoms with Crippen molar-refractivity contribution in [2.45, 2.75) is 45.4 Å². The fourth-order valence-electron chi connectivity index (χ4n) is 4.51. The van der Waals surface area contributed by atoms with Crippen LogP contribution >= 0.6 is 0 Å². The molecule has 9 heteroatoms. The van der Waals surface area contributed by atoms with Gasteiger partial charge in [0.15, 0.2) is 0 Å². The Bertz CT molecular complexity index is 1460. The van der Waals surface area contributed by atoms with Gasteiger partial charge in [0.05, 0.1) is 26.4 Å². The molecule has 2 aromatic carbocycles. The molecule has 52 heavy (non-hydrogen) atoms. The fourth-order valence-corrected chi connectivity index (χ4v) is 4.51. The van der Waals surface area contributed by atoms with Crippen molar-refractivity contribution >= 4 is 19.2 Å². The number of rotatable bonds is 16. The lowest BCUT2D eigenvalue weighted by Gasteiger charge is -2.14. The lowest BCUT2D eigenvalue weighted by Crippen LogP contribution is -2.00. The van der Waals surface area contributed by atoms with Crippen LogP contribution in [0.5, 0.6) is 5.75 Å². The summed E-state index contributed by atoms with van der Waals surface area (Å²) in [5.41, 5.74) is 6.83. The van der Waals surface area contributed by atoms with Crippen molar-refractivity contribution in [2.75, 3.05) is 40.6 Å². The van der Waals surface area contributed by atoms with Gasteiger partial charge in [-0.15, -0.1) is 0 Å². The number of aliphatic hydroxyl groups excluding tert-OH is 4. The number of hydrogen-bond donors (Lipinski definition) is 4. The molecule has 0 amide bonds. The Morgan fingerprint density at radius 1 is 0.692 bits per heavy atom. The van der Waals surface area contributed by atoms with Gasteiger partial charge in [-0.3, -0.25) is 0 Å². The Morgan fingerprint density at radius 3 is 1.87 bits per heavy atom. The lowest BCUT2D eigenvalue weighted by atomic mass is 9.91. The number of halogens is 1. The summed E-state index contributed by atoms with van der Waals surface area (Å²) in [7, 11) is 2.00. The highest BCUT2D eigenvalue weighted by Crippen LogP contribution is 2.31. The summed E-state index contributed by atoms with van der Waals surface area (Å²) in [6.45, 7) is 14.5. The van der Waals surface area contributed by atoms with Gasteiger partial charge < -0.3 is 39.5 Å². The highest BCUT2D eigenvalue weighted by molar-refractivity contribution is 5.82. The Kier molecular flexibility index (Phi) is 31.4. The number of allylic oxidation sites excluding steroid dienone is 11. The van der Waals surface area contributed by atoms with Crippen LogP contribution in [0.2, 0.25) is 0 Å². The minimum atomic E-state index is -0.382. The Hall–Kier alpha value is -4.93. The molecule has 0 bridgehead atoms. The van der Waals surface area contributed by atoms with Crippen LogP contribution in [0.15, 0.2) is 139 Å². The van der Waals surface area contributed by atoms with Crippen molar-refractivity contribution in [3.8, 4) is 16.9 Å². The molecule has 0 unspecified atom stereocenters. The van der Waals surface area contributed by atoms with Crippen LogP contribution in [0.1, 0.15) is 51.0 Å². The van der Waals surface area contributed by atoms with Crippen LogP contribution in [-0.2, 0) is 14.3 Å². The van der Waals surface area contributed by atoms with E-state index in [2.05, 4.69) is 56.5 Å². The van der Waals surface area contributed by atoms with Gasteiger partial charge in [0.2, 0.25) is 0 Å². The third kappa shape index (κ3) is 20.7. The molecule has 1 aliphatic rings. The molecule has 8 nitrogen and oxygen atoms in total. The number of ether oxygens (including phenoxy) is 2. The molecule has 284 valence electrons. The largest absolute Gasteiger partial charge is 0.493 e. The zero-order valence-electron chi connectivity index (χ0n) is 30.9. The molecule has 0 radical (unpaired) electrons. The summed E-state index contributed by atoms with van der Waals surface area (Å²) in [5.74, 6) is 0.923. The lowest BCUT2D eigenvalue weighted by molar-refractivity contribution is -0.0987. The van der Waals surface area contributed by atoms with E-state index in [0.29, 0.717) is 37.4 Å². The maximum Gasteiger partial charge on any atom is 0.123 e. The second kappa shape index (κ2) is 33.2. The molecule has 0 saturated heterocycles. The number of aliphatic hydroxyl groups is 4.